The second-order valence-electron chi connectivity index (χ2n) is 2.98. The topological polar surface area (TPSA) is 46.5 Å². The zero-order chi connectivity index (χ0) is 8.81. The highest BCUT2D eigenvalue weighted by atomic mass is 16.5. The van der Waals surface area contributed by atoms with E-state index in [0.29, 0.717) is 12.7 Å². The van der Waals surface area contributed by atoms with E-state index in [0.717, 1.165) is 18.9 Å². The number of carboxylic acids is 1. The maximum Gasteiger partial charge on any atom is 0.328 e. The molecule has 1 N–H and O–H groups in total. The van der Waals surface area contributed by atoms with E-state index in [1.165, 1.54) is 12.8 Å². The smallest absolute Gasteiger partial charge is 0.328 e. The Morgan fingerprint density at radius 3 is 2.75 bits per heavy atom. The number of carboxylic acid groups (broad SMARTS) is 1. The fraction of sp³-hybridized carbons (Fsp3) is 0.667. The Labute approximate surface area is 72.0 Å². The number of rotatable bonds is 4. The van der Waals surface area contributed by atoms with Crippen molar-refractivity contribution in [3.05, 3.63) is 12.2 Å². The summed E-state index contributed by atoms with van der Waals surface area (Å²) in [5, 5.41) is 8.26. The summed E-state index contributed by atoms with van der Waals surface area (Å²) < 4.78 is 5.40. The van der Waals surface area contributed by atoms with Crippen LogP contribution in [-0.4, -0.2) is 23.8 Å². The predicted octanol–water partition coefficient (Wildman–Crippen LogP) is 1.59. The summed E-state index contributed by atoms with van der Waals surface area (Å²) in [6.45, 7) is 0.428. The number of ether oxygens (including phenoxy) is 1. The van der Waals surface area contributed by atoms with Crippen molar-refractivity contribution in [1.29, 1.82) is 0 Å². The minimum atomic E-state index is -0.912. The molecule has 0 radical (unpaired) electrons. The minimum Gasteiger partial charge on any atom is -0.478 e. The molecule has 0 aliphatic heterocycles. The van der Waals surface area contributed by atoms with Gasteiger partial charge >= 0.3 is 5.97 Å². The Hall–Kier alpha value is -0.830. The standard InChI is InChI=1S/C9H14O3/c10-9(11)6-3-7-12-8-4-1-2-5-8/h3,6,8H,1-2,4-5,7H2,(H,10,11)/b6-3+. The minimum absolute atomic E-state index is 0.364. The third-order valence-corrected chi connectivity index (χ3v) is 1.99. The van der Waals surface area contributed by atoms with Gasteiger partial charge in [0.15, 0.2) is 0 Å². The van der Waals surface area contributed by atoms with E-state index in [1.807, 2.05) is 0 Å². The number of aliphatic carboxylic acids is 1. The lowest BCUT2D eigenvalue weighted by Gasteiger charge is -2.07. The lowest BCUT2D eigenvalue weighted by Crippen LogP contribution is -2.07. The van der Waals surface area contributed by atoms with Crippen LogP contribution >= 0.6 is 0 Å². The molecule has 0 atom stereocenters. The molecule has 3 heteroatoms. The van der Waals surface area contributed by atoms with Crippen LogP contribution in [-0.2, 0) is 9.53 Å². The molecule has 1 aliphatic carbocycles. The van der Waals surface area contributed by atoms with Crippen LogP contribution in [0, 0.1) is 0 Å². The summed E-state index contributed by atoms with van der Waals surface area (Å²) in [6.07, 6.45) is 7.77. The highest BCUT2D eigenvalue weighted by molar-refractivity contribution is 5.79. The average molecular weight is 170 g/mol. The Bertz CT molecular complexity index is 169. The van der Waals surface area contributed by atoms with Gasteiger partial charge in [-0.25, -0.2) is 4.79 Å². The van der Waals surface area contributed by atoms with Crippen molar-refractivity contribution in [2.24, 2.45) is 0 Å². The van der Waals surface area contributed by atoms with Crippen LogP contribution in [0.5, 0.6) is 0 Å². The van der Waals surface area contributed by atoms with Crippen LogP contribution in [0.1, 0.15) is 25.7 Å². The van der Waals surface area contributed by atoms with Crippen molar-refractivity contribution < 1.29 is 14.6 Å². The van der Waals surface area contributed by atoms with Crippen molar-refractivity contribution in [1.82, 2.24) is 0 Å². The molecule has 0 saturated heterocycles. The van der Waals surface area contributed by atoms with Gasteiger partial charge < -0.3 is 9.84 Å². The molecule has 0 bridgehead atoms. The number of hydrogen-bond donors (Lipinski definition) is 1. The van der Waals surface area contributed by atoms with Gasteiger partial charge in [-0.1, -0.05) is 18.9 Å². The maximum absolute atomic E-state index is 10.1. The van der Waals surface area contributed by atoms with Gasteiger partial charge in [0, 0.05) is 6.08 Å². The monoisotopic (exact) mass is 170 g/mol. The summed E-state index contributed by atoms with van der Waals surface area (Å²) in [6, 6.07) is 0. The molecule has 3 nitrogen and oxygen atoms in total. The fourth-order valence-electron chi connectivity index (χ4n) is 1.40. The van der Waals surface area contributed by atoms with Gasteiger partial charge in [-0.3, -0.25) is 0 Å². The average Bonchev–Trinajstić information content (AvgIpc) is 2.49. The van der Waals surface area contributed by atoms with E-state index in [1.54, 1.807) is 6.08 Å². The quantitative estimate of drug-likeness (QED) is 0.651. The molecule has 0 aromatic rings. The molecule has 1 saturated carbocycles. The normalized spacial score (nSPS) is 19.0. The molecular formula is C9H14O3. The van der Waals surface area contributed by atoms with Crippen LogP contribution in [0.2, 0.25) is 0 Å². The molecule has 1 fully saturated rings. The molecule has 0 aromatic heterocycles. The Kier molecular flexibility index (Phi) is 3.80. The van der Waals surface area contributed by atoms with Crippen molar-refractivity contribution in [3.8, 4) is 0 Å². The van der Waals surface area contributed by atoms with E-state index in [9.17, 15) is 4.79 Å². The lowest BCUT2D eigenvalue weighted by molar-refractivity contribution is -0.131. The zero-order valence-electron chi connectivity index (χ0n) is 7.03. The Morgan fingerprint density at radius 1 is 1.50 bits per heavy atom. The molecule has 0 unspecified atom stereocenters. The summed E-state index contributed by atoms with van der Waals surface area (Å²) in [5.74, 6) is -0.912. The molecule has 1 aliphatic rings. The van der Waals surface area contributed by atoms with Crippen LogP contribution in [0.15, 0.2) is 12.2 Å². The SMILES string of the molecule is O=C(O)/C=C/COC1CCCC1. The molecule has 0 amide bonds. The highest BCUT2D eigenvalue weighted by Crippen LogP contribution is 2.20. The lowest BCUT2D eigenvalue weighted by atomic mass is 10.3. The Morgan fingerprint density at radius 2 is 2.17 bits per heavy atom. The van der Waals surface area contributed by atoms with Crippen molar-refractivity contribution in [3.63, 3.8) is 0 Å². The summed E-state index contributed by atoms with van der Waals surface area (Å²) in [5.41, 5.74) is 0. The van der Waals surface area contributed by atoms with Crippen LogP contribution in [0.4, 0.5) is 0 Å². The van der Waals surface area contributed by atoms with Gasteiger partial charge in [0.05, 0.1) is 12.7 Å². The van der Waals surface area contributed by atoms with Gasteiger partial charge in [0.1, 0.15) is 0 Å². The first-order valence-electron chi connectivity index (χ1n) is 4.30. The van der Waals surface area contributed by atoms with Gasteiger partial charge in [0.2, 0.25) is 0 Å². The van der Waals surface area contributed by atoms with E-state index < -0.39 is 5.97 Å². The van der Waals surface area contributed by atoms with Gasteiger partial charge in [-0.05, 0) is 12.8 Å². The van der Waals surface area contributed by atoms with Crippen LogP contribution in [0.25, 0.3) is 0 Å². The third-order valence-electron chi connectivity index (χ3n) is 1.99. The molecule has 68 valence electrons. The fourth-order valence-corrected chi connectivity index (χ4v) is 1.40. The van der Waals surface area contributed by atoms with E-state index in [4.69, 9.17) is 9.84 Å². The zero-order valence-corrected chi connectivity index (χ0v) is 7.03. The number of carbonyl (C=O) groups is 1. The van der Waals surface area contributed by atoms with Gasteiger partial charge in [0.25, 0.3) is 0 Å². The van der Waals surface area contributed by atoms with Crippen molar-refractivity contribution in [2.45, 2.75) is 31.8 Å². The summed E-state index contributed by atoms with van der Waals surface area (Å²) >= 11 is 0. The van der Waals surface area contributed by atoms with Crippen LogP contribution in [0.3, 0.4) is 0 Å². The Balaban J connectivity index is 2.05. The first-order valence-corrected chi connectivity index (χ1v) is 4.30. The molecule has 0 aromatic carbocycles. The maximum atomic E-state index is 10.1. The third kappa shape index (κ3) is 3.53. The first kappa shape index (κ1) is 9.26. The van der Waals surface area contributed by atoms with Crippen molar-refractivity contribution >= 4 is 5.97 Å². The summed E-state index contributed by atoms with van der Waals surface area (Å²) in [7, 11) is 0. The molecular weight excluding hydrogens is 156 g/mol. The van der Waals surface area contributed by atoms with E-state index >= 15 is 0 Å². The van der Waals surface area contributed by atoms with E-state index in [-0.39, 0.29) is 0 Å². The van der Waals surface area contributed by atoms with Crippen LogP contribution < -0.4 is 0 Å². The number of hydrogen-bond acceptors (Lipinski definition) is 2. The van der Waals surface area contributed by atoms with Gasteiger partial charge in [-0.15, -0.1) is 0 Å². The van der Waals surface area contributed by atoms with Crippen molar-refractivity contribution in [2.75, 3.05) is 6.61 Å². The molecule has 0 spiro atoms. The van der Waals surface area contributed by atoms with Gasteiger partial charge in [-0.2, -0.15) is 0 Å². The molecule has 0 heterocycles. The highest BCUT2D eigenvalue weighted by Gasteiger charge is 2.13. The van der Waals surface area contributed by atoms with E-state index in [2.05, 4.69) is 0 Å². The molecule has 12 heavy (non-hydrogen) atoms. The first-order chi connectivity index (χ1) is 5.79. The molecule has 1 rings (SSSR count). The second-order valence-corrected chi connectivity index (χ2v) is 2.98. The second kappa shape index (κ2) is 4.93. The summed E-state index contributed by atoms with van der Waals surface area (Å²) in [4.78, 5) is 10.1. The largest absolute Gasteiger partial charge is 0.478 e. The predicted molar refractivity (Wildman–Crippen MR) is 45.0 cm³/mol.